The summed E-state index contributed by atoms with van der Waals surface area (Å²) < 4.78 is 0. The largest absolute Gasteiger partial charge is 0.361 e. The number of para-hydroxylation sites is 1. The van der Waals surface area contributed by atoms with E-state index in [0.29, 0.717) is 0 Å². The molecule has 2 N–H and O–H groups in total. The van der Waals surface area contributed by atoms with Crippen molar-refractivity contribution < 1.29 is 0 Å². The van der Waals surface area contributed by atoms with Gasteiger partial charge in [0.15, 0.2) is 0 Å². The molecule has 1 saturated carbocycles. The number of nitrogens with one attached hydrogen (secondary N) is 2. The lowest BCUT2D eigenvalue weighted by Crippen LogP contribution is -2.21. The van der Waals surface area contributed by atoms with Gasteiger partial charge in [0.2, 0.25) is 0 Å². The van der Waals surface area contributed by atoms with Gasteiger partial charge < -0.3 is 10.3 Å². The molecule has 1 aliphatic rings. The summed E-state index contributed by atoms with van der Waals surface area (Å²) in [4.78, 5) is 3.32. The molecule has 0 bridgehead atoms. The number of H-pyrrole nitrogens is 1. The summed E-state index contributed by atoms with van der Waals surface area (Å²) in [6, 6.07) is 8.63. The van der Waals surface area contributed by atoms with Crippen LogP contribution >= 0.6 is 0 Å². The van der Waals surface area contributed by atoms with Crippen LogP contribution in [0.15, 0.2) is 30.5 Å². The van der Waals surface area contributed by atoms with E-state index >= 15 is 0 Å². The number of rotatable bonds is 5. The highest BCUT2D eigenvalue weighted by Gasteiger charge is 2.16. The minimum absolute atomic E-state index is 0.977. The van der Waals surface area contributed by atoms with Crippen molar-refractivity contribution in [3.05, 3.63) is 36.0 Å². The van der Waals surface area contributed by atoms with Gasteiger partial charge in [0.25, 0.3) is 0 Å². The maximum absolute atomic E-state index is 3.56. The van der Waals surface area contributed by atoms with Crippen molar-refractivity contribution in [2.24, 2.45) is 5.92 Å². The molecule has 17 heavy (non-hydrogen) atoms. The molecule has 0 amide bonds. The molecule has 0 saturated heterocycles. The minimum atomic E-state index is 0.977. The van der Waals surface area contributed by atoms with Crippen molar-refractivity contribution in [3.63, 3.8) is 0 Å². The Morgan fingerprint density at radius 3 is 3.00 bits per heavy atom. The van der Waals surface area contributed by atoms with Crippen molar-refractivity contribution >= 4 is 10.9 Å². The fourth-order valence-electron chi connectivity index (χ4n) is 2.61. The van der Waals surface area contributed by atoms with Crippen LogP contribution in [-0.4, -0.2) is 11.5 Å². The molecule has 0 unspecified atom stereocenters. The van der Waals surface area contributed by atoms with Gasteiger partial charge >= 0.3 is 0 Å². The van der Waals surface area contributed by atoms with Crippen LogP contribution in [0, 0.1) is 5.92 Å². The fourth-order valence-corrected chi connectivity index (χ4v) is 2.61. The molecule has 0 aliphatic heterocycles. The van der Waals surface area contributed by atoms with Gasteiger partial charge in [0.05, 0.1) is 0 Å². The lowest BCUT2D eigenvalue weighted by molar-refractivity contribution is 0.292. The number of fused-ring (bicyclic) bond motifs is 1. The maximum atomic E-state index is 3.56. The molecule has 1 heterocycles. The first-order chi connectivity index (χ1) is 8.43. The molecule has 90 valence electrons. The molecule has 0 atom stereocenters. The Balaban J connectivity index is 1.55. The van der Waals surface area contributed by atoms with Crippen LogP contribution in [0.2, 0.25) is 0 Å². The third-order valence-corrected chi connectivity index (χ3v) is 3.94. The van der Waals surface area contributed by atoms with E-state index in [9.17, 15) is 0 Å². The number of benzene rings is 1. The first-order valence-electron chi connectivity index (χ1n) is 6.69. The molecule has 0 radical (unpaired) electrons. The molecule has 0 spiro atoms. The molecule has 2 aromatic rings. The average Bonchev–Trinajstić information content (AvgIpc) is 2.75. The van der Waals surface area contributed by atoms with Gasteiger partial charge in [0.1, 0.15) is 0 Å². The molecular formula is C15H20N2. The molecule has 2 nitrogen and oxygen atoms in total. The summed E-state index contributed by atoms with van der Waals surface area (Å²) >= 11 is 0. The number of aromatic amines is 1. The van der Waals surface area contributed by atoms with Crippen molar-refractivity contribution in [1.29, 1.82) is 0 Å². The van der Waals surface area contributed by atoms with Crippen molar-refractivity contribution in [2.75, 3.05) is 6.54 Å². The average molecular weight is 228 g/mol. The molecule has 1 aromatic heterocycles. The Bertz CT molecular complexity index is 482. The highest BCUT2D eigenvalue weighted by molar-refractivity contribution is 5.82. The van der Waals surface area contributed by atoms with Gasteiger partial charge in [-0.05, 0) is 35.9 Å². The molecule has 1 aromatic carbocycles. The van der Waals surface area contributed by atoms with E-state index < -0.39 is 0 Å². The van der Waals surface area contributed by atoms with Crippen molar-refractivity contribution in [2.45, 2.75) is 32.2 Å². The smallest absolute Gasteiger partial charge is 0.0499 e. The summed E-state index contributed by atoms with van der Waals surface area (Å²) in [5.41, 5.74) is 2.66. The van der Waals surface area contributed by atoms with Gasteiger partial charge in [-0.3, -0.25) is 0 Å². The molecular weight excluding hydrogens is 208 g/mol. The first-order valence-corrected chi connectivity index (χ1v) is 6.69. The van der Waals surface area contributed by atoms with E-state index in [1.54, 1.807) is 0 Å². The second kappa shape index (κ2) is 4.92. The van der Waals surface area contributed by atoms with Crippen LogP contribution in [0.25, 0.3) is 10.9 Å². The SMILES string of the molecule is c1cc(CNCCC2CCC2)c2[nH]ccc2c1. The number of hydrogen-bond donors (Lipinski definition) is 2. The van der Waals surface area contributed by atoms with Gasteiger partial charge in [-0.1, -0.05) is 37.5 Å². The highest BCUT2D eigenvalue weighted by Crippen LogP contribution is 2.28. The van der Waals surface area contributed by atoms with E-state index in [1.807, 2.05) is 6.20 Å². The van der Waals surface area contributed by atoms with Gasteiger partial charge in [-0.2, -0.15) is 0 Å². The molecule has 3 rings (SSSR count). The topological polar surface area (TPSA) is 27.8 Å². The molecule has 2 heteroatoms. The van der Waals surface area contributed by atoms with Crippen LogP contribution in [0.1, 0.15) is 31.2 Å². The van der Waals surface area contributed by atoms with Crippen LogP contribution in [0.3, 0.4) is 0 Å². The van der Waals surface area contributed by atoms with Crippen LogP contribution < -0.4 is 5.32 Å². The van der Waals surface area contributed by atoms with Gasteiger partial charge in [0, 0.05) is 18.3 Å². The van der Waals surface area contributed by atoms with E-state index in [4.69, 9.17) is 0 Å². The summed E-state index contributed by atoms with van der Waals surface area (Å²) in [7, 11) is 0. The predicted octanol–water partition coefficient (Wildman–Crippen LogP) is 3.45. The third-order valence-electron chi connectivity index (χ3n) is 3.94. The summed E-state index contributed by atoms with van der Waals surface area (Å²) in [5.74, 6) is 1.00. The van der Waals surface area contributed by atoms with Crippen LogP contribution in [0.4, 0.5) is 0 Å². The van der Waals surface area contributed by atoms with Gasteiger partial charge in [-0.25, -0.2) is 0 Å². The van der Waals surface area contributed by atoms with Gasteiger partial charge in [-0.15, -0.1) is 0 Å². The number of hydrogen-bond acceptors (Lipinski definition) is 1. The molecule has 1 aliphatic carbocycles. The van der Waals surface area contributed by atoms with Crippen molar-refractivity contribution in [3.8, 4) is 0 Å². The normalized spacial score (nSPS) is 16.2. The molecule has 1 fully saturated rings. The highest BCUT2D eigenvalue weighted by atomic mass is 14.9. The standard InChI is InChI=1S/C15H20N2/c1-3-12(4-1)7-9-16-11-14-6-2-5-13-8-10-17-15(13)14/h2,5-6,8,10,12,16-17H,1,3-4,7,9,11H2. The third kappa shape index (κ3) is 2.37. The lowest BCUT2D eigenvalue weighted by atomic mass is 9.83. The van der Waals surface area contributed by atoms with E-state index in [0.717, 1.165) is 19.0 Å². The summed E-state index contributed by atoms with van der Waals surface area (Å²) in [6.07, 6.45) is 7.72. The van der Waals surface area contributed by atoms with E-state index in [2.05, 4.69) is 34.6 Å². The summed E-state index contributed by atoms with van der Waals surface area (Å²) in [5, 5.41) is 4.87. The zero-order valence-corrected chi connectivity index (χ0v) is 10.2. The fraction of sp³-hybridized carbons (Fsp3) is 0.467. The minimum Gasteiger partial charge on any atom is -0.361 e. The predicted molar refractivity (Wildman–Crippen MR) is 72.0 cm³/mol. The Labute approximate surface area is 102 Å². The Morgan fingerprint density at radius 2 is 2.18 bits per heavy atom. The first kappa shape index (κ1) is 10.8. The Hall–Kier alpha value is -1.28. The number of aromatic nitrogens is 1. The van der Waals surface area contributed by atoms with E-state index in [1.165, 1.54) is 42.1 Å². The summed E-state index contributed by atoms with van der Waals surface area (Å²) in [6.45, 7) is 2.13. The Morgan fingerprint density at radius 1 is 1.24 bits per heavy atom. The van der Waals surface area contributed by atoms with Crippen LogP contribution in [0.5, 0.6) is 0 Å². The zero-order valence-electron chi connectivity index (χ0n) is 10.2. The maximum Gasteiger partial charge on any atom is 0.0499 e. The monoisotopic (exact) mass is 228 g/mol. The second-order valence-electron chi connectivity index (χ2n) is 5.12. The quantitative estimate of drug-likeness (QED) is 0.754. The Kier molecular flexibility index (Phi) is 3.14. The zero-order chi connectivity index (χ0) is 11.5. The lowest BCUT2D eigenvalue weighted by Gasteiger charge is -2.25. The second-order valence-corrected chi connectivity index (χ2v) is 5.12. The van der Waals surface area contributed by atoms with Crippen molar-refractivity contribution in [1.82, 2.24) is 10.3 Å². The van der Waals surface area contributed by atoms with E-state index in [-0.39, 0.29) is 0 Å². The van der Waals surface area contributed by atoms with Crippen LogP contribution in [-0.2, 0) is 6.54 Å².